The number of carbonyl (C=O) groups excluding carboxylic acids is 2. The number of imidazole rings is 2. The number of hydrogen-bond acceptors (Lipinski definition) is 13. The number of fused-ring (bicyclic) bond motifs is 2. The summed E-state index contributed by atoms with van der Waals surface area (Å²) in [5, 5.41) is 11.2. The molecule has 1 fully saturated rings. The fourth-order valence-corrected chi connectivity index (χ4v) is 7.17. The Labute approximate surface area is 336 Å². The Balaban J connectivity index is 0.979. The molecule has 0 bridgehead atoms. The van der Waals surface area contributed by atoms with Crippen LogP contribution in [0.5, 0.6) is 23.1 Å². The van der Waals surface area contributed by atoms with Crippen LogP contribution in [0, 0.1) is 0 Å². The van der Waals surface area contributed by atoms with Gasteiger partial charge in [0.1, 0.15) is 23.4 Å². The maximum Gasteiger partial charge on any atom is 0.256 e. The number of nitrogens with one attached hydrogen (secondary N) is 3. The number of amides is 1. The lowest BCUT2D eigenvalue weighted by Crippen LogP contribution is -2.42. The molecule has 5 aromatic heterocycles. The summed E-state index contributed by atoms with van der Waals surface area (Å²) >= 11 is 0. The zero-order valence-electron chi connectivity index (χ0n) is 33.1. The highest BCUT2D eigenvalue weighted by atomic mass is 19.1. The molecule has 6 heterocycles. The Morgan fingerprint density at radius 1 is 0.983 bits per heavy atom. The van der Waals surface area contributed by atoms with E-state index in [9.17, 15) is 9.59 Å². The standard InChI is InChI=1S/C40H41FN12O6/c1-21(38(55)46-27-19-53(17-25(27)41)40-47-36(32-37(48-40)50(2)20-43-32)45-28-18-51(3)49-39(28)59-7)15-52-16-24(23-10-8-9-11-29(23)52)35-42-14-26(44-35)33(54)22-12-30(56-4)34(58-6)31(13-22)57-5/h8-14,16,18,20,25,27H,1,15,17,19H2,2-7H3,(H,42,44)(H,46,55)(H,45,47,48)/t25-,27-/m1/s1. The summed E-state index contributed by atoms with van der Waals surface area (Å²) in [6.07, 6.45) is 5.25. The molecule has 2 aromatic carbocycles. The van der Waals surface area contributed by atoms with Gasteiger partial charge in [0.05, 0.1) is 66.3 Å². The summed E-state index contributed by atoms with van der Waals surface area (Å²) < 4.78 is 42.5. The van der Waals surface area contributed by atoms with E-state index < -0.39 is 18.1 Å². The fourth-order valence-electron chi connectivity index (χ4n) is 7.17. The number of benzene rings is 2. The number of ketones is 1. The number of aromatic nitrogens is 9. The topological polar surface area (TPSA) is 193 Å². The minimum absolute atomic E-state index is 0.0464. The summed E-state index contributed by atoms with van der Waals surface area (Å²) in [7, 11) is 9.54. The molecule has 7 aromatic rings. The number of nitrogens with zero attached hydrogens (tertiary/aromatic N) is 9. The molecule has 0 aliphatic carbocycles. The fraction of sp³-hybridized carbons (Fsp3) is 0.275. The Morgan fingerprint density at radius 2 is 1.75 bits per heavy atom. The normalized spacial score (nSPS) is 15.1. The van der Waals surface area contributed by atoms with Gasteiger partial charge in [0.15, 0.2) is 28.5 Å². The molecule has 8 rings (SSSR count). The van der Waals surface area contributed by atoms with Gasteiger partial charge in [-0.1, -0.05) is 24.8 Å². The van der Waals surface area contributed by atoms with Crippen LogP contribution < -0.4 is 34.5 Å². The first kappa shape index (κ1) is 38.4. The molecule has 18 nitrogen and oxygen atoms in total. The molecule has 0 spiro atoms. The van der Waals surface area contributed by atoms with Gasteiger partial charge in [-0.2, -0.15) is 9.97 Å². The van der Waals surface area contributed by atoms with Crippen LogP contribution in [0.3, 0.4) is 0 Å². The lowest BCUT2D eigenvalue weighted by Gasteiger charge is -2.18. The SMILES string of the molecule is C=C(Cn1cc(-c2ncc(C(=O)c3cc(OC)c(OC)c(OC)c3)[nH]2)c2ccccc21)C(=O)N[C@@H]1CN(c2nc(Nc3cn(C)nc3OC)c3ncn(C)c3n2)C[C@H]1F. The molecule has 0 unspecified atom stereocenters. The van der Waals surface area contributed by atoms with Crippen molar-refractivity contribution in [2.45, 2.75) is 18.8 Å². The third-order valence-corrected chi connectivity index (χ3v) is 10.1. The number of rotatable bonds is 14. The van der Waals surface area contributed by atoms with Crippen LogP contribution in [0.25, 0.3) is 33.5 Å². The highest BCUT2D eigenvalue weighted by Gasteiger charge is 2.36. The van der Waals surface area contributed by atoms with Crippen LogP contribution >= 0.6 is 0 Å². The van der Waals surface area contributed by atoms with Crippen LogP contribution in [0.4, 0.5) is 21.8 Å². The number of para-hydroxylation sites is 1. The Hall–Kier alpha value is -7.44. The number of hydrogen-bond donors (Lipinski definition) is 3. The quantitative estimate of drug-likeness (QED) is 0.104. The Kier molecular flexibility index (Phi) is 10.1. The number of H-pyrrole nitrogens is 1. The molecule has 1 aliphatic rings. The van der Waals surface area contributed by atoms with Crippen molar-refractivity contribution in [3.63, 3.8) is 0 Å². The number of methoxy groups -OCH3 is 4. The van der Waals surface area contributed by atoms with E-state index in [1.54, 1.807) is 52.9 Å². The zero-order chi connectivity index (χ0) is 41.5. The number of alkyl halides is 1. The van der Waals surface area contributed by atoms with Crippen molar-refractivity contribution in [3.8, 4) is 34.5 Å². The summed E-state index contributed by atoms with van der Waals surface area (Å²) in [6, 6.07) is 9.90. The van der Waals surface area contributed by atoms with E-state index in [1.807, 2.05) is 35.0 Å². The number of halogens is 1. The highest BCUT2D eigenvalue weighted by Crippen LogP contribution is 2.39. The van der Waals surface area contributed by atoms with Gasteiger partial charge >= 0.3 is 0 Å². The van der Waals surface area contributed by atoms with Crippen LogP contribution in [-0.2, 0) is 25.4 Å². The van der Waals surface area contributed by atoms with Crippen LogP contribution in [0.15, 0.2) is 73.5 Å². The number of anilines is 3. The maximum atomic E-state index is 15.7. The van der Waals surface area contributed by atoms with Crippen molar-refractivity contribution in [3.05, 3.63) is 84.7 Å². The number of aryl methyl sites for hydroxylation is 2. The minimum atomic E-state index is -1.41. The molecule has 59 heavy (non-hydrogen) atoms. The summed E-state index contributed by atoms with van der Waals surface area (Å²) in [5.41, 5.74) is 3.89. The van der Waals surface area contributed by atoms with E-state index in [0.717, 1.165) is 10.9 Å². The van der Waals surface area contributed by atoms with Gasteiger partial charge in [-0.25, -0.2) is 14.4 Å². The van der Waals surface area contributed by atoms with Crippen LogP contribution in [0.2, 0.25) is 0 Å². The molecule has 0 radical (unpaired) electrons. The second kappa shape index (κ2) is 15.5. The third kappa shape index (κ3) is 7.10. The first-order valence-electron chi connectivity index (χ1n) is 18.4. The van der Waals surface area contributed by atoms with E-state index in [1.165, 1.54) is 34.6 Å². The van der Waals surface area contributed by atoms with Gasteiger partial charge in [0.25, 0.3) is 5.88 Å². The van der Waals surface area contributed by atoms with Crippen molar-refractivity contribution in [2.24, 2.45) is 14.1 Å². The molecular weight excluding hydrogens is 764 g/mol. The van der Waals surface area contributed by atoms with Gasteiger partial charge < -0.3 is 48.6 Å². The minimum Gasteiger partial charge on any atom is -0.493 e. The highest BCUT2D eigenvalue weighted by molar-refractivity contribution is 6.09. The molecule has 1 amide bonds. The lowest BCUT2D eigenvalue weighted by atomic mass is 10.1. The predicted octanol–water partition coefficient (Wildman–Crippen LogP) is 4.35. The van der Waals surface area contributed by atoms with E-state index in [2.05, 4.69) is 37.3 Å². The summed E-state index contributed by atoms with van der Waals surface area (Å²) in [6.45, 7) is 4.24. The monoisotopic (exact) mass is 804 g/mol. The van der Waals surface area contributed by atoms with Gasteiger partial charge in [-0.15, -0.1) is 5.10 Å². The summed E-state index contributed by atoms with van der Waals surface area (Å²) in [4.78, 5) is 50.4. The largest absolute Gasteiger partial charge is 0.493 e. The van der Waals surface area contributed by atoms with Gasteiger partial charge in [-0.05, 0) is 18.2 Å². The van der Waals surface area contributed by atoms with Gasteiger partial charge in [-0.3, -0.25) is 14.3 Å². The molecule has 19 heteroatoms. The second-order valence-corrected chi connectivity index (χ2v) is 13.9. The number of ether oxygens (including phenoxy) is 4. The zero-order valence-corrected chi connectivity index (χ0v) is 33.1. The second-order valence-electron chi connectivity index (χ2n) is 13.9. The molecule has 3 N–H and O–H groups in total. The van der Waals surface area contributed by atoms with Crippen molar-refractivity contribution >= 4 is 51.2 Å². The average Bonchev–Trinajstić information content (AvgIpc) is 4.09. The molecule has 1 aliphatic heterocycles. The van der Waals surface area contributed by atoms with E-state index >= 15 is 4.39 Å². The van der Waals surface area contributed by atoms with Crippen LogP contribution in [0.1, 0.15) is 16.1 Å². The predicted molar refractivity (Wildman–Crippen MR) is 217 cm³/mol. The van der Waals surface area contributed by atoms with Crippen molar-refractivity contribution in [1.82, 2.24) is 49.2 Å². The van der Waals surface area contributed by atoms with E-state index in [4.69, 9.17) is 28.9 Å². The number of carbonyl (C=O) groups is 2. The van der Waals surface area contributed by atoms with Gasteiger partial charge in [0.2, 0.25) is 23.4 Å². The maximum absolute atomic E-state index is 15.7. The van der Waals surface area contributed by atoms with E-state index in [-0.39, 0.29) is 42.6 Å². The van der Waals surface area contributed by atoms with Crippen molar-refractivity contribution in [1.29, 1.82) is 0 Å². The molecule has 304 valence electrons. The number of aromatic amines is 1. The molecule has 2 atom stereocenters. The van der Waals surface area contributed by atoms with Gasteiger partial charge in [0, 0.05) is 54.4 Å². The Morgan fingerprint density at radius 3 is 2.47 bits per heavy atom. The average molecular weight is 805 g/mol. The molecule has 1 saturated heterocycles. The molecular formula is C40H41FN12O6. The van der Waals surface area contributed by atoms with Crippen molar-refractivity contribution in [2.75, 3.05) is 51.7 Å². The van der Waals surface area contributed by atoms with Crippen molar-refractivity contribution < 1.29 is 32.9 Å². The lowest BCUT2D eigenvalue weighted by molar-refractivity contribution is -0.118. The third-order valence-electron chi connectivity index (χ3n) is 10.1. The van der Waals surface area contributed by atoms with Crippen LogP contribution in [-0.4, -0.2) is 109 Å². The smallest absolute Gasteiger partial charge is 0.256 e. The summed E-state index contributed by atoms with van der Waals surface area (Å²) in [5.74, 6) is 1.70. The Bertz CT molecular complexity index is 2730. The molecule has 0 saturated carbocycles. The van der Waals surface area contributed by atoms with E-state index in [0.29, 0.717) is 62.7 Å². The first-order valence-corrected chi connectivity index (χ1v) is 18.4. The first-order chi connectivity index (χ1) is 28.5.